The van der Waals surface area contributed by atoms with E-state index in [1.165, 1.54) is 6.26 Å². The van der Waals surface area contributed by atoms with Gasteiger partial charge >= 0.3 is 5.97 Å². The third kappa shape index (κ3) is 2.97. The summed E-state index contributed by atoms with van der Waals surface area (Å²) in [7, 11) is 0. The average Bonchev–Trinajstić information content (AvgIpc) is 2.90. The van der Waals surface area contributed by atoms with E-state index in [2.05, 4.69) is 4.98 Å². The third-order valence-electron chi connectivity index (χ3n) is 2.64. The van der Waals surface area contributed by atoms with Crippen molar-refractivity contribution in [2.45, 2.75) is 19.3 Å². The molecule has 0 amide bonds. The number of benzene rings is 1. The van der Waals surface area contributed by atoms with Gasteiger partial charge in [0.1, 0.15) is 6.26 Å². The monoisotopic (exact) mass is 245 g/mol. The zero-order chi connectivity index (χ0) is 12.8. The summed E-state index contributed by atoms with van der Waals surface area (Å²) in [5.74, 6) is -0.0800. The molecule has 0 saturated heterocycles. The number of nitrogens with zero attached hydrogens (tertiary/aromatic N) is 1. The van der Waals surface area contributed by atoms with Gasteiger partial charge in [0.05, 0.1) is 18.7 Å². The Kier molecular flexibility index (Phi) is 4.12. The Labute approximate surface area is 106 Å². The Hall–Kier alpha value is -2.10. The fraction of sp³-hybridized carbons (Fsp3) is 0.286. The number of carbonyl (C=O) groups is 1. The van der Waals surface area contributed by atoms with Crippen molar-refractivity contribution in [2.24, 2.45) is 0 Å². The van der Waals surface area contributed by atoms with Crippen LogP contribution in [0.3, 0.4) is 0 Å². The minimum atomic E-state index is -0.371. The molecule has 0 aliphatic rings. The highest BCUT2D eigenvalue weighted by Gasteiger charge is 2.23. The van der Waals surface area contributed by atoms with Crippen molar-refractivity contribution in [3.8, 4) is 0 Å². The van der Waals surface area contributed by atoms with E-state index in [1.54, 1.807) is 13.1 Å². The fourth-order valence-corrected chi connectivity index (χ4v) is 1.79. The molecule has 0 radical (unpaired) electrons. The number of esters is 1. The molecular weight excluding hydrogens is 230 g/mol. The molecule has 2 rings (SSSR count). The van der Waals surface area contributed by atoms with Gasteiger partial charge in [0, 0.05) is 6.42 Å². The lowest BCUT2D eigenvalue weighted by Gasteiger charge is -2.14. The largest absolute Gasteiger partial charge is 0.466 e. The molecule has 1 aromatic heterocycles. The highest BCUT2D eigenvalue weighted by atomic mass is 16.5. The van der Waals surface area contributed by atoms with Gasteiger partial charge in [-0.05, 0) is 12.5 Å². The van der Waals surface area contributed by atoms with Crippen molar-refractivity contribution in [1.29, 1.82) is 0 Å². The highest BCUT2D eigenvalue weighted by Crippen LogP contribution is 2.21. The first-order chi connectivity index (χ1) is 8.81. The summed E-state index contributed by atoms with van der Waals surface area (Å²) in [6.07, 6.45) is 3.49. The predicted octanol–water partition coefficient (Wildman–Crippen LogP) is 2.56. The van der Waals surface area contributed by atoms with Gasteiger partial charge < -0.3 is 9.15 Å². The van der Waals surface area contributed by atoms with E-state index in [0.29, 0.717) is 18.9 Å². The standard InChI is InChI=1S/C14H15NO3/c1-2-17-14(16)12(10-13-15-8-9-18-13)11-6-4-3-5-7-11/h3-9,12H,2,10H2,1H3. The Morgan fingerprint density at radius 3 is 2.78 bits per heavy atom. The zero-order valence-electron chi connectivity index (χ0n) is 10.2. The molecule has 0 N–H and O–H groups in total. The summed E-state index contributed by atoms with van der Waals surface area (Å²) in [5, 5.41) is 0. The zero-order valence-corrected chi connectivity index (χ0v) is 10.2. The lowest BCUT2D eigenvalue weighted by atomic mass is 9.96. The van der Waals surface area contributed by atoms with Crippen molar-refractivity contribution in [3.63, 3.8) is 0 Å². The normalized spacial score (nSPS) is 12.1. The van der Waals surface area contributed by atoms with Crippen molar-refractivity contribution in [3.05, 3.63) is 54.2 Å². The van der Waals surface area contributed by atoms with Gasteiger partial charge in [-0.2, -0.15) is 0 Å². The molecule has 0 saturated carbocycles. The van der Waals surface area contributed by atoms with Crippen molar-refractivity contribution in [2.75, 3.05) is 6.61 Å². The van der Waals surface area contributed by atoms with E-state index in [0.717, 1.165) is 5.56 Å². The Balaban J connectivity index is 2.20. The molecule has 1 heterocycles. The third-order valence-corrected chi connectivity index (χ3v) is 2.64. The van der Waals surface area contributed by atoms with Gasteiger partial charge in [0.15, 0.2) is 5.89 Å². The van der Waals surface area contributed by atoms with Crippen LogP contribution >= 0.6 is 0 Å². The van der Waals surface area contributed by atoms with Gasteiger partial charge in [-0.1, -0.05) is 30.3 Å². The number of carbonyl (C=O) groups excluding carboxylic acids is 1. The van der Waals surface area contributed by atoms with Gasteiger partial charge in [-0.3, -0.25) is 4.79 Å². The lowest BCUT2D eigenvalue weighted by molar-refractivity contribution is -0.145. The summed E-state index contributed by atoms with van der Waals surface area (Å²) in [6, 6.07) is 9.53. The first kappa shape index (κ1) is 12.4. The minimum Gasteiger partial charge on any atom is -0.466 e. The first-order valence-electron chi connectivity index (χ1n) is 5.91. The maximum Gasteiger partial charge on any atom is 0.313 e. The second kappa shape index (κ2) is 6.00. The summed E-state index contributed by atoms with van der Waals surface area (Å²) >= 11 is 0. The van der Waals surface area contributed by atoms with E-state index in [-0.39, 0.29) is 11.9 Å². The molecule has 0 fully saturated rings. The van der Waals surface area contributed by atoms with Crippen LogP contribution in [0, 0.1) is 0 Å². The van der Waals surface area contributed by atoms with Crippen LogP contribution in [0.25, 0.3) is 0 Å². The smallest absolute Gasteiger partial charge is 0.313 e. The van der Waals surface area contributed by atoms with Crippen LogP contribution < -0.4 is 0 Å². The van der Waals surface area contributed by atoms with Crippen LogP contribution in [-0.4, -0.2) is 17.6 Å². The lowest BCUT2D eigenvalue weighted by Crippen LogP contribution is -2.18. The topological polar surface area (TPSA) is 52.3 Å². The molecule has 0 spiro atoms. The van der Waals surface area contributed by atoms with E-state index in [9.17, 15) is 4.79 Å². The second-order valence-corrected chi connectivity index (χ2v) is 3.85. The predicted molar refractivity (Wildman–Crippen MR) is 66.0 cm³/mol. The van der Waals surface area contributed by atoms with Crippen LogP contribution in [0.2, 0.25) is 0 Å². The fourth-order valence-electron chi connectivity index (χ4n) is 1.79. The van der Waals surface area contributed by atoms with Crippen LogP contribution in [0.5, 0.6) is 0 Å². The number of oxazole rings is 1. The van der Waals surface area contributed by atoms with Crippen LogP contribution in [0.15, 0.2) is 47.2 Å². The summed E-state index contributed by atoms with van der Waals surface area (Å²) < 4.78 is 10.3. The Bertz CT molecular complexity index is 479. The van der Waals surface area contributed by atoms with Gasteiger partial charge in [0.2, 0.25) is 0 Å². The quantitative estimate of drug-likeness (QED) is 0.760. The molecule has 2 aromatic rings. The molecule has 94 valence electrons. The molecule has 1 aromatic carbocycles. The van der Waals surface area contributed by atoms with E-state index >= 15 is 0 Å². The number of hydrogen-bond acceptors (Lipinski definition) is 4. The van der Waals surface area contributed by atoms with Crippen LogP contribution in [-0.2, 0) is 16.0 Å². The molecule has 0 bridgehead atoms. The maximum atomic E-state index is 12.0. The molecule has 1 atom stereocenters. The number of rotatable bonds is 5. The second-order valence-electron chi connectivity index (χ2n) is 3.85. The first-order valence-corrected chi connectivity index (χ1v) is 5.91. The molecule has 18 heavy (non-hydrogen) atoms. The van der Waals surface area contributed by atoms with Crippen LogP contribution in [0.1, 0.15) is 24.3 Å². The maximum absolute atomic E-state index is 12.0. The number of aromatic nitrogens is 1. The van der Waals surface area contributed by atoms with Gasteiger partial charge in [-0.15, -0.1) is 0 Å². The molecule has 4 heteroatoms. The Morgan fingerprint density at radius 2 is 2.17 bits per heavy atom. The van der Waals surface area contributed by atoms with Crippen molar-refractivity contribution >= 4 is 5.97 Å². The van der Waals surface area contributed by atoms with Crippen molar-refractivity contribution < 1.29 is 13.9 Å². The van der Waals surface area contributed by atoms with E-state index < -0.39 is 0 Å². The van der Waals surface area contributed by atoms with Gasteiger partial charge in [-0.25, -0.2) is 4.98 Å². The van der Waals surface area contributed by atoms with Gasteiger partial charge in [0.25, 0.3) is 0 Å². The minimum absolute atomic E-state index is 0.248. The number of hydrogen-bond donors (Lipinski definition) is 0. The number of ether oxygens (including phenoxy) is 1. The SMILES string of the molecule is CCOC(=O)C(Cc1ncco1)c1ccccc1. The van der Waals surface area contributed by atoms with Crippen molar-refractivity contribution in [1.82, 2.24) is 4.98 Å². The van der Waals surface area contributed by atoms with E-state index in [4.69, 9.17) is 9.15 Å². The Morgan fingerprint density at radius 1 is 1.39 bits per heavy atom. The summed E-state index contributed by atoms with van der Waals surface area (Å²) in [5.41, 5.74) is 0.911. The van der Waals surface area contributed by atoms with Crippen LogP contribution in [0.4, 0.5) is 0 Å². The summed E-state index contributed by atoms with van der Waals surface area (Å²) in [4.78, 5) is 16.0. The van der Waals surface area contributed by atoms with E-state index in [1.807, 2.05) is 30.3 Å². The molecule has 4 nitrogen and oxygen atoms in total. The summed E-state index contributed by atoms with van der Waals surface area (Å²) in [6.45, 7) is 2.17. The molecule has 1 unspecified atom stereocenters. The highest BCUT2D eigenvalue weighted by molar-refractivity contribution is 5.78. The molecule has 0 aliphatic heterocycles. The average molecular weight is 245 g/mol. The molecular formula is C14H15NO3. The molecule has 0 aliphatic carbocycles.